The summed E-state index contributed by atoms with van der Waals surface area (Å²) < 4.78 is 13.5. The summed E-state index contributed by atoms with van der Waals surface area (Å²) in [6.45, 7) is 0.705. The highest BCUT2D eigenvalue weighted by molar-refractivity contribution is 5.94. The second-order valence-electron chi connectivity index (χ2n) is 4.03. The van der Waals surface area contributed by atoms with Gasteiger partial charge in [0.15, 0.2) is 0 Å². The maximum atomic E-state index is 13.5. The molecule has 4 nitrogen and oxygen atoms in total. The first-order valence-electron chi connectivity index (χ1n) is 6.03. The summed E-state index contributed by atoms with van der Waals surface area (Å²) in [5.41, 5.74) is -0.00230. The summed E-state index contributed by atoms with van der Waals surface area (Å²) in [7, 11) is 0. The summed E-state index contributed by atoms with van der Waals surface area (Å²) in [5, 5.41) is 20.4. The fourth-order valence-corrected chi connectivity index (χ4v) is 1.69. The van der Waals surface area contributed by atoms with Crippen molar-refractivity contribution in [2.75, 3.05) is 18.5 Å². The van der Waals surface area contributed by atoms with E-state index in [2.05, 4.69) is 5.32 Å². The molecule has 0 saturated carbocycles. The van der Waals surface area contributed by atoms with Gasteiger partial charge in [-0.15, -0.1) is 0 Å². The average molecular weight is 255 g/mol. The molecule has 0 aliphatic rings. The van der Waals surface area contributed by atoms with E-state index in [4.69, 9.17) is 10.2 Å². The van der Waals surface area contributed by atoms with Crippen LogP contribution in [0.2, 0.25) is 0 Å². The average Bonchev–Trinajstić information content (AvgIpc) is 2.34. The summed E-state index contributed by atoms with van der Waals surface area (Å²) in [4.78, 5) is 10.9. The molecule has 1 rings (SSSR count). The van der Waals surface area contributed by atoms with E-state index in [-0.39, 0.29) is 17.9 Å². The van der Waals surface area contributed by atoms with Gasteiger partial charge in [0.2, 0.25) is 0 Å². The molecular formula is C13H18FNO3. The van der Waals surface area contributed by atoms with E-state index in [1.54, 1.807) is 0 Å². The predicted molar refractivity (Wildman–Crippen MR) is 67.4 cm³/mol. The molecule has 0 aliphatic heterocycles. The number of nitrogens with one attached hydrogen (secondary N) is 1. The van der Waals surface area contributed by atoms with Crippen LogP contribution in [0.5, 0.6) is 0 Å². The Bertz CT molecular complexity index is 396. The SMILES string of the molecule is O=C(O)c1cccc(F)c1NCCCCCCO. The Morgan fingerprint density at radius 1 is 1.22 bits per heavy atom. The minimum absolute atomic E-state index is 0.0483. The van der Waals surface area contributed by atoms with Gasteiger partial charge in [-0.2, -0.15) is 0 Å². The number of carbonyl (C=O) groups is 1. The van der Waals surface area contributed by atoms with Crippen LogP contribution in [-0.2, 0) is 0 Å². The van der Waals surface area contributed by atoms with Crippen molar-refractivity contribution >= 4 is 11.7 Å². The highest BCUT2D eigenvalue weighted by Gasteiger charge is 2.13. The van der Waals surface area contributed by atoms with Crippen LogP contribution in [0.4, 0.5) is 10.1 Å². The van der Waals surface area contributed by atoms with Gasteiger partial charge in [-0.1, -0.05) is 18.9 Å². The van der Waals surface area contributed by atoms with E-state index in [1.165, 1.54) is 18.2 Å². The molecule has 0 radical (unpaired) electrons. The molecule has 0 amide bonds. The number of hydrogen-bond acceptors (Lipinski definition) is 3. The van der Waals surface area contributed by atoms with Gasteiger partial charge in [-0.05, 0) is 25.0 Å². The second kappa shape index (κ2) is 7.66. The molecule has 18 heavy (non-hydrogen) atoms. The Labute approximate surface area is 105 Å². The van der Waals surface area contributed by atoms with Crippen LogP contribution in [-0.4, -0.2) is 29.3 Å². The van der Waals surface area contributed by atoms with Crippen LogP contribution in [0.3, 0.4) is 0 Å². The molecule has 5 heteroatoms. The van der Waals surface area contributed by atoms with Crippen molar-refractivity contribution < 1.29 is 19.4 Å². The maximum absolute atomic E-state index is 13.5. The van der Waals surface area contributed by atoms with Crippen molar-refractivity contribution in [3.8, 4) is 0 Å². The molecule has 100 valence electrons. The first-order chi connectivity index (χ1) is 8.66. The van der Waals surface area contributed by atoms with Crippen LogP contribution in [0, 0.1) is 5.82 Å². The van der Waals surface area contributed by atoms with Gasteiger partial charge in [0, 0.05) is 13.2 Å². The molecule has 0 spiro atoms. The van der Waals surface area contributed by atoms with Crippen molar-refractivity contribution in [2.45, 2.75) is 25.7 Å². The number of aliphatic hydroxyl groups is 1. The highest BCUT2D eigenvalue weighted by atomic mass is 19.1. The third-order valence-corrected chi connectivity index (χ3v) is 2.63. The lowest BCUT2D eigenvalue weighted by Crippen LogP contribution is -2.09. The van der Waals surface area contributed by atoms with Crippen LogP contribution in [0.1, 0.15) is 36.0 Å². The number of hydrogen-bond donors (Lipinski definition) is 3. The molecule has 0 bridgehead atoms. The molecule has 3 N–H and O–H groups in total. The predicted octanol–water partition coefficient (Wildman–Crippen LogP) is 2.49. The highest BCUT2D eigenvalue weighted by Crippen LogP contribution is 2.19. The minimum atomic E-state index is -1.14. The van der Waals surface area contributed by atoms with Crippen LogP contribution < -0.4 is 5.32 Å². The third-order valence-electron chi connectivity index (χ3n) is 2.63. The van der Waals surface area contributed by atoms with Crippen molar-refractivity contribution in [3.05, 3.63) is 29.6 Å². The molecule has 0 heterocycles. The Hall–Kier alpha value is -1.62. The number of benzene rings is 1. The van der Waals surface area contributed by atoms with Gasteiger partial charge in [0.1, 0.15) is 5.82 Å². The van der Waals surface area contributed by atoms with Crippen molar-refractivity contribution in [2.24, 2.45) is 0 Å². The molecule has 0 atom stereocenters. The van der Waals surface area contributed by atoms with Gasteiger partial charge in [-0.25, -0.2) is 9.18 Å². The van der Waals surface area contributed by atoms with Crippen molar-refractivity contribution in [1.82, 2.24) is 0 Å². The van der Waals surface area contributed by atoms with Crippen LogP contribution in [0.15, 0.2) is 18.2 Å². The molecular weight excluding hydrogens is 237 g/mol. The van der Waals surface area contributed by atoms with E-state index in [9.17, 15) is 9.18 Å². The number of rotatable bonds is 8. The quantitative estimate of drug-likeness (QED) is 0.624. The number of carboxylic acids is 1. The summed E-state index contributed by atoms with van der Waals surface area (Å²) in [6, 6.07) is 3.99. The zero-order valence-electron chi connectivity index (χ0n) is 10.2. The lowest BCUT2D eigenvalue weighted by Gasteiger charge is -2.10. The van der Waals surface area contributed by atoms with Gasteiger partial charge in [-0.3, -0.25) is 0 Å². The maximum Gasteiger partial charge on any atom is 0.337 e. The first kappa shape index (κ1) is 14.4. The van der Waals surface area contributed by atoms with E-state index in [0.29, 0.717) is 6.54 Å². The number of aromatic carboxylic acids is 1. The van der Waals surface area contributed by atoms with E-state index in [1.807, 2.05) is 0 Å². The zero-order chi connectivity index (χ0) is 13.4. The monoisotopic (exact) mass is 255 g/mol. The Morgan fingerprint density at radius 3 is 2.61 bits per heavy atom. The normalized spacial score (nSPS) is 10.3. The number of unbranched alkanes of at least 4 members (excludes halogenated alkanes) is 3. The molecule has 0 unspecified atom stereocenters. The number of halogens is 1. The zero-order valence-corrected chi connectivity index (χ0v) is 10.2. The minimum Gasteiger partial charge on any atom is -0.478 e. The fraction of sp³-hybridized carbons (Fsp3) is 0.462. The van der Waals surface area contributed by atoms with E-state index < -0.39 is 11.8 Å². The van der Waals surface area contributed by atoms with Crippen LogP contribution in [0.25, 0.3) is 0 Å². The Balaban J connectivity index is 2.48. The van der Waals surface area contributed by atoms with Crippen molar-refractivity contribution in [3.63, 3.8) is 0 Å². The molecule has 0 saturated heterocycles. The van der Waals surface area contributed by atoms with Gasteiger partial charge in [0.25, 0.3) is 0 Å². The standard InChI is InChI=1S/C13H18FNO3/c14-11-7-5-6-10(13(17)18)12(11)15-8-3-1-2-4-9-16/h5-7,15-16H,1-4,8-9H2,(H,17,18). The smallest absolute Gasteiger partial charge is 0.337 e. The Morgan fingerprint density at radius 2 is 1.94 bits per heavy atom. The third kappa shape index (κ3) is 4.33. The number of carboxylic acid groups (broad SMARTS) is 1. The largest absolute Gasteiger partial charge is 0.478 e. The second-order valence-corrected chi connectivity index (χ2v) is 4.03. The lowest BCUT2D eigenvalue weighted by atomic mass is 10.1. The number of anilines is 1. The van der Waals surface area contributed by atoms with E-state index in [0.717, 1.165) is 25.7 Å². The van der Waals surface area contributed by atoms with Crippen LogP contribution >= 0.6 is 0 Å². The lowest BCUT2D eigenvalue weighted by molar-refractivity contribution is 0.0697. The van der Waals surface area contributed by atoms with E-state index >= 15 is 0 Å². The molecule has 0 aromatic heterocycles. The topological polar surface area (TPSA) is 69.6 Å². The van der Waals surface area contributed by atoms with Gasteiger partial charge >= 0.3 is 5.97 Å². The van der Waals surface area contributed by atoms with Gasteiger partial charge in [0.05, 0.1) is 11.3 Å². The molecule has 0 fully saturated rings. The number of para-hydroxylation sites is 1. The van der Waals surface area contributed by atoms with Gasteiger partial charge < -0.3 is 15.5 Å². The van der Waals surface area contributed by atoms with Crippen molar-refractivity contribution in [1.29, 1.82) is 0 Å². The fourth-order valence-electron chi connectivity index (χ4n) is 1.69. The molecule has 1 aromatic rings. The summed E-state index contributed by atoms with van der Waals surface area (Å²) in [5.74, 6) is -1.69. The Kier molecular flexibility index (Phi) is 6.14. The number of aliphatic hydroxyl groups excluding tert-OH is 1. The summed E-state index contributed by atoms with van der Waals surface area (Å²) in [6.07, 6.45) is 3.42. The first-order valence-corrected chi connectivity index (χ1v) is 6.03. The molecule has 0 aliphatic carbocycles. The summed E-state index contributed by atoms with van der Waals surface area (Å²) >= 11 is 0. The molecule has 1 aromatic carbocycles.